The fraction of sp³-hybridized carbons (Fsp3) is 0.727. The molecule has 0 aliphatic heterocycles. The number of rotatable bonds is 5. The van der Waals surface area contributed by atoms with Crippen LogP contribution in [-0.4, -0.2) is 16.0 Å². The van der Waals surface area contributed by atoms with Crippen molar-refractivity contribution < 1.29 is 9.32 Å². The highest BCUT2D eigenvalue weighted by atomic mass is 16.5. The van der Waals surface area contributed by atoms with E-state index in [1.165, 1.54) is 0 Å². The Labute approximate surface area is 95.6 Å². The van der Waals surface area contributed by atoms with Gasteiger partial charge in [0.15, 0.2) is 5.82 Å². The van der Waals surface area contributed by atoms with E-state index in [9.17, 15) is 4.79 Å². The molecule has 0 aliphatic carbocycles. The Kier molecular flexibility index (Phi) is 4.46. The van der Waals surface area contributed by atoms with Crippen LogP contribution in [0.1, 0.15) is 51.4 Å². The third-order valence-electron chi connectivity index (χ3n) is 2.24. The van der Waals surface area contributed by atoms with Crippen LogP contribution in [0, 0.1) is 12.8 Å². The summed E-state index contributed by atoms with van der Waals surface area (Å²) < 4.78 is 4.98. The van der Waals surface area contributed by atoms with Crippen molar-refractivity contribution in [1.29, 1.82) is 0 Å². The van der Waals surface area contributed by atoms with E-state index in [0.717, 1.165) is 6.42 Å². The summed E-state index contributed by atoms with van der Waals surface area (Å²) in [7, 11) is 0. The smallest absolute Gasteiger partial charge is 0.248 e. The molecule has 1 atom stereocenters. The molecular formula is C11H19N3O2. The molecular weight excluding hydrogens is 206 g/mol. The van der Waals surface area contributed by atoms with E-state index in [0.29, 0.717) is 24.1 Å². The molecule has 1 aromatic heterocycles. The molecule has 0 saturated heterocycles. The van der Waals surface area contributed by atoms with Crippen LogP contribution in [0.4, 0.5) is 0 Å². The first-order chi connectivity index (χ1) is 7.49. The maximum Gasteiger partial charge on any atom is 0.248 e. The summed E-state index contributed by atoms with van der Waals surface area (Å²) >= 11 is 0. The van der Waals surface area contributed by atoms with Crippen LogP contribution in [0.2, 0.25) is 0 Å². The largest absolute Gasteiger partial charge is 0.345 e. The maximum absolute atomic E-state index is 11.5. The normalized spacial score (nSPS) is 12.8. The van der Waals surface area contributed by atoms with Crippen LogP contribution < -0.4 is 5.32 Å². The first kappa shape index (κ1) is 12.7. The van der Waals surface area contributed by atoms with Gasteiger partial charge in [-0.1, -0.05) is 19.0 Å². The molecule has 0 spiro atoms. The minimum absolute atomic E-state index is 0.0250. The summed E-state index contributed by atoms with van der Waals surface area (Å²) in [6.07, 6.45) is 1.43. The molecule has 5 nitrogen and oxygen atoms in total. The monoisotopic (exact) mass is 225 g/mol. The van der Waals surface area contributed by atoms with Crippen molar-refractivity contribution >= 4 is 5.91 Å². The van der Waals surface area contributed by atoms with Crippen molar-refractivity contribution in [2.45, 2.75) is 46.6 Å². The van der Waals surface area contributed by atoms with Crippen molar-refractivity contribution in [2.24, 2.45) is 5.92 Å². The van der Waals surface area contributed by atoms with Gasteiger partial charge in [0.1, 0.15) is 6.04 Å². The van der Waals surface area contributed by atoms with Crippen LogP contribution in [0.3, 0.4) is 0 Å². The summed E-state index contributed by atoms with van der Waals surface area (Å²) in [5, 5.41) is 6.51. The molecule has 1 heterocycles. The van der Waals surface area contributed by atoms with Crippen molar-refractivity contribution in [3.05, 3.63) is 11.7 Å². The first-order valence-electron chi connectivity index (χ1n) is 5.58. The lowest BCUT2D eigenvalue weighted by molar-refractivity contribution is -0.122. The predicted molar refractivity (Wildman–Crippen MR) is 59.7 cm³/mol. The summed E-state index contributed by atoms with van der Waals surface area (Å²) in [6, 6.07) is -0.221. The zero-order chi connectivity index (χ0) is 12.1. The van der Waals surface area contributed by atoms with E-state index in [2.05, 4.69) is 29.3 Å². The molecule has 1 unspecified atom stereocenters. The lowest BCUT2D eigenvalue weighted by Gasteiger charge is -2.10. The molecule has 16 heavy (non-hydrogen) atoms. The van der Waals surface area contributed by atoms with Gasteiger partial charge in [-0.15, -0.1) is 0 Å². The van der Waals surface area contributed by atoms with Gasteiger partial charge in [0.05, 0.1) is 0 Å². The maximum atomic E-state index is 11.5. The number of carbonyl (C=O) groups is 1. The second kappa shape index (κ2) is 5.63. The molecule has 1 amide bonds. The Bertz CT molecular complexity index is 347. The molecule has 0 fully saturated rings. The molecule has 1 N–H and O–H groups in total. The number of carbonyl (C=O) groups excluding carboxylic acids is 1. The molecule has 90 valence electrons. The fourth-order valence-electron chi connectivity index (χ4n) is 1.28. The average Bonchev–Trinajstić information content (AvgIpc) is 2.62. The topological polar surface area (TPSA) is 68.0 Å². The van der Waals surface area contributed by atoms with Gasteiger partial charge in [-0.3, -0.25) is 4.79 Å². The number of nitrogens with one attached hydrogen (secondary N) is 1. The Morgan fingerprint density at radius 3 is 2.62 bits per heavy atom. The van der Waals surface area contributed by atoms with Crippen LogP contribution in [0.5, 0.6) is 0 Å². The predicted octanol–water partition coefficient (Wildman–Crippen LogP) is 1.99. The lowest BCUT2D eigenvalue weighted by atomic mass is 10.1. The van der Waals surface area contributed by atoms with Crippen molar-refractivity contribution in [3.63, 3.8) is 0 Å². The number of aryl methyl sites for hydroxylation is 1. The molecule has 0 aromatic carbocycles. The van der Waals surface area contributed by atoms with Gasteiger partial charge in [0.25, 0.3) is 0 Å². The minimum Gasteiger partial charge on any atom is -0.345 e. The van der Waals surface area contributed by atoms with Gasteiger partial charge < -0.3 is 9.84 Å². The molecule has 1 aromatic rings. The van der Waals surface area contributed by atoms with E-state index >= 15 is 0 Å². The third kappa shape index (κ3) is 4.00. The number of hydrogen-bond donors (Lipinski definition) is 1. The highest BCUT2D eigenvalue weighted by molar-refractivity contribution is 5.76. The van der Waals surface area contributed by atoms with Gasteiger partial charge in [0, 0.05) is 6.42 Å². The average molecular weight is 225 g/mol. The number of hydrogen-bond acceptors (Lipinski definition) is 4. The standard InChI is InChI=1S/C11H19N3O2/c1-7(2)5-6-10(15)12-8(3)11-13-9(4)14-16-11/h7-8H,5-6H2,1-4H3,(H,12,15). The molecule has 5 heteroatoms. The zero-order valence-electron chi connectivity index (χ0n) is 10.3. The highest BCUT2D eigenvalue weighted by Crippen LogP contribution is 2.10. The van der Waals surface area contributed by atoms with Crippen LogP contribution >= 0.6 is 0 Å². The van der Waals surface area contributed by atoms with Gasteiger partial charge in [-0.25, -0.2) is 0 Å². The van der Waals surface area contributed by atoms with E-state index in [1.807, 2.05) is 6.92 Å². The van der Waals surface area contributed by atoms with Crippen LogP contribution in [0.25, 0.3) is 0 Å². The zero-order valence-corrected chi connectivity index (χ0v) is 10.3. The fourth-order valence-corrected chi connectivity index (χ4v) is 1.28. The van der Waals surface area contributed by atoms with Crippen molar-refractivity contribution in [1.82, 2.24) is 15.5 Å². The van der Waals surface area contributed by atoms with Crippen LogP contribution in [0.15, 0.2) is 4.52 Å². The quantitative estimate of drug-likeness (QED) is 0.832. The second-order valence-corrected chi connectivity index (χ2v) is 4.40. The second-order valence-electron chi connectivity index (χ2n) is 4.40. The molecule has 0 saturated carbocycles. The van der Waals surface area contributed by atoms with Gasteiger partial charge >= 0.3 is 0 Å². The van der Waals surface area contributed by atoms with Gasteiger partial charge in [-0.05, 0) is 26.2 Å². The van der Waals surface area contributed by atoms with Crippen molar-refractivity contribution in [2.75, 3.05) is 0 Å². The summed E-state index contributed by atoms with van der Waals surface area (Å²) in [5.41, 5.74) is 0. The lowest BCUT2D eigenvalue weighted by Crippen LogP contribution is -2.26. The molecule has 1 rings (SSSR count). The Morgan fingerprint density at radius 1 is 1.44 bits per heavy atom. The first-order valence-corrected chi connectivity index (χ1v) is 5.58. The van der Waals surface area contributed by atoms with Gasteiger partial charge in [0.2, 0.25) is 11.8 Å². The Morgan fingerprint density at radius 2 is 2.12 bits per heavy atom. The third-order valence-corrected chi connectivity index (χ3v) is 2.24. The van der Waals surface area contributed by atoms with E-state index in [4.69, 9.17) is 4.52 Å². The molecule has 0 bridgehead atoms. The van der Waals surface area contributed by atoms with E-state index < -0.39 is 0 Å². The summed E-state index contributed by atoms with van der Waals surface area (Å²) in [5.74, 6) is 1.59. The minimum atomic E-state index is -0.221. The van der Waals surface area contributed by atoms with Crippen molar-refractivity contribution in [3.8, 4) is 0 Å². The number of nitrogens with zero attached hydrogens (tertiary/aromatic N) is 2. The summed E-state index contributed by atoms with van der Waals surface area (Å²) in [6.45, 7) is 7.77. The van der Waals surface area contributed by atoms with Gasteiger partial charge in [-0.2, -0.15) is 4.98 Å². The van der Waals surface area contributed by atoms with E-state index in [-0.39, 0.29) is 11.9 Å². The number of amides is 1. The Balaban J connectivity index is 2.39. The SMILES string of the molecule is Cc1noc(C(C)NC(=O)CCC(C)C)n1. The van der Waals surface area contributed by atoms with Crippen LogP contribution in [-0.2, 0) is 4.79 Å². The van der Waals surface area contributed by atoms with E-state index in [1.54, 1.807) is 6.92 Å². The molecule has 0 radical (unpaired) electrons. The number of aromatic nitrogens is 2. The Hall–Kier alpha value is -1.39. The molecule has 0 aliphatic rings. The summed E-state index contributed by atoms with van der Waals surface area (Å²) in [4.78, 5) is 15.6. The highest BCUT2D eigenvalue weighted by Gasteiger charge is 2.15.